The van der Waals surface area contributed by atoms with Gasteiger partial charge in [0.05, 0.1) is 6.04 Å². The highest BCUT2D eigenvalue weighted by Crippen LogP contribution is 2.24. The van der Waals surface area contributed by atoms with Gasteiger partial charge in [-0.2, -0.15) is 0 Å². The van der Waals surface area contributed by atoms with Crippen molar-refractivity contribution in [2.75, 3.05) is 6.54 Å². The molecule has 1 unspecified atom stereocenters. The van der Waals surface area contributed by atoms with Crippen LogP contribution in [0.15, 0.2) is 11.6 Å². The molecule has 1 aromatic heterocycles. The minimum absolute atomic E-state index is 0.0988. The Morgan fingerprint density at radius 3 is 2.88 bits per heavy atom. The first-order valence-corrected chi connectivity index (χ1v) is 9.29. The molecule has 0 aromatic carbocycles. The first-order valence-electron chi connectivity index (χ1n) is 9.29. The molecular formula is C18H29N5O. The first kappa shape index (κ1) is 17.0. The topological polar surface area (TPSA) is 71.8 Å². The molecule has 6 nitrogen and oxygen atoms in total. The average Bonchev–Trinajstić information content (AvgIpc) is 3.17. The number of aryl methyl sites for hydroxylation is 1. The summed E-state index contributed by atoms with van der Waals surface area (Å²) < 4.78 is 2.16. The molecule has 1 aromatic rings. The van der Waals surface area contributed by atoms with Crippen molar-refractivity contribution < 1.29 is 4.79 Å². The second-order valence-corrected chi connectivity index (χ2v) is 7.21. The van der Waals surface area contributed by atoms with E-state index in [4.69, 9.17) is 0 Å². The Hall–Kier alpha value is -1.85. The van der Waals surface area contributed by atoms with Gasteiger partial charge in [-0.1, -0.05) is 25.5 Å². The molecule has 132 valence electrons. The molecule has 0 saturated heterocycles. The Kier molecular flexibility index (Phi) is 5.53. The Bertz CT molecular complexity index is 605. The lowest BCUT2D eigenvalue weighted by molar-refractivity contribution is 0.231. The van der Waals surface area contributed by atoms with Crippen LogP contribution in [0.3, 0.4) is 0 Å². The molecule has 0 spiro atoms. The van der Waals surface area contributed by atoms with Crippen LogP contribution in [0.1, 0.15) is 70.1 Å². The second-order valence-electron chi connectivity index (χ2n) is 7.21. The molecule has 1 atom stereocenters. The lowest BCUT2D eigenvalue weighted by atomic mass is 9.97. The van der Waals surface area contributed by atoms with Crippen molar-refractivity contribution in [3.05, 3.63) is 23.3 Å². The van der Waals surface area contributed by atoms with Crippen molar-refractivity contribution in [3.63, 3.8) is 0 Å². The van der Waals surface area contributed by atoms with E-state index in [9.17, 15) is 4.79 Å². The standard InChI is InChI=1S/C18H29N5O/c1-13(2)16(17-22-21-15-9-6-12-23(15)17)20-18(24)19-11-10-14-7-4-3-5-8-14/h7,13,16H,3-6,8-12H2,1-2H3,(H2,19,20,24). The van der Waals surface area contributed by atoms with Crippen molar-refractivity contribution in [2.45, 2.75) is 71.4 Å². The highest BCUT2D eigenvalue weighted by Gasteiger charge is 2.27. The highest BCUT2D eigenvalue weighted by atomic mass is 16.2. The molecule has 24 heavy (non-hydrogen) atoms. The van der Waals surface area contributed by atoms with Crippen LogP contribution in [0.2, 0.25) is 0 Å². The molecular weight excluding hydrogens is 302 g/mol. The van der Waals surface area contributed by atoms with Gasteiger partial charge in [0.2, 0.25) is 0 Å². The van der Waals surface area contributed by atoms with Gasteiger partial charge < -0.3 is 15.2 Å². The number of nitrogens with zero attached hydrogens (tertiary/aromatic N) is 3. The largest absolute Gasteiger partial charge is 0.338 e. The third kappa shape index (κ3) is 3.97. The second kappa shape index (κ2) is 7.81. The van der Waals surface area contributed by atoms with Gasteiger partial charge in [0, 0.05) is 19.5 Å². The lowest BCUT2D eigenvalue weighted by Crippen LogP contribution is -2.41. The third-order valence-electron chi connectivity index (χ3n) is 4.99. The van der Waals surface area contributed by atoms with Gasteiger partial charge >= 0.3 is 6.03 Å². The summed E-state index contributed by atoms with van der Waals surface area (Å²) >= 11 is 0. The molecule has 1 aliphatic carbocycles. The van der Waals surface area contributed by atoms with Gasteiger partial charge in [-0.15, -0.1) is 10.2 Å². The van der Waals surface area contributed by atoms with E-state index in [0.29, 0.717) is 6.54 Å². The summed E-state index contributed by atoms with van der Waals surface area (Å²) in [5.41, 5.74) is 1.48. The molecule has 2 amide bonds. The van der Waals surface area contributed by atoms with Crippen LogP contribution < -0.4 is 10.6 Å². The van der Waals surface area contributed by atoms with Gasteiger partial charge in [0.25, 0.3) is 0 Å². The minimum atomic E-state index is -0.111. The Labute approximate surface area is 144 Å². The van der Waals surface area contributed by atoms with Gasteiger partial charge in [0.15, 0.2) is 5.82 Å². The summed E-state index contributed by atoms with van der Waals surface area (Å²) in [6, 6.07) is -0.210. The summed E-state index contributed by atoms with van der Waals surface area (Å²) in [4.78, 5) is 12.3. The number of carbonyl (C=O) groups excluding carboxylic acids is 1. The molecule has 2 aliphatic rings. The number of carbonyl (C=O) groups is 1. The quantitative estimate of drug-likeness (QED) is 0.787. The van der Waals surface area contributed by atoms with Crippen molar-refractivity contribution in [2.24, 2.45) is 5.92 Å². The summed E-state index contributed by atoms with van der Waals surface area (Å²) in [5.74, 6) is 2.20. The van der Waals surface area contributed by atoms with E-state index < -0.39 is 0 Å². The lowest BCUT2D eigenvalue weighted by Gasteiger charge is -2.22. The summed E-state index contributed by atoms with van der Waals surface area (Å²) in [6.07, 6.45) is 10.4. The van der Waals surface area contributed by atoms with E-state index in [2.05, 4.69) is 45.3 Å². The molecule has 6 heteroatoms. The molecule has 1 aliphatic heterocycles. The molecule has 0 fully saturated rings. The highest BCUT2D eigenvalue weighted by molar-refractivity contribution is 5.74. The number of aromatic nitrogens is 3. The number of rotatable bonds is 6. The zero-order chi connectivity index (χ0) is 16.9. The van der Waals surface area contributed by atoms with Crippen molar-refractivity contribution in [1.29, 1.82) is 0 Å². The van der Waals surface area contributed by atoms with Crippen LogP contribution in [0.5, 0.6) is 0 Å². The predicted octanol–water partition coefficient (Wildman–Crippen LogP) is 3.11. The van der Waals surface area contributed by atoms with Crippen molar-refractivity contribution in [1.82, 2.24) is 25.4 Å². The van der Waals surface area contributed by atoms with Gasteiger partial charge in [-0.25, -0.2) is 4.79 Å². The van der Waals surface area contributed by atoms with E-state index in [0.717, 1.165) is 37.5 Å². The van der Waals surface area contributed by atoms with Crippen molar-refractivity contribution >= 4 is 6.03 Å². The molecule has 0 saturated carbocycles. The molecule has 0 bridgehead atoms. The number of nitrogens with one attached hydrogen (secondary N) is 2. The average molecular weight is 331 g/mol. The SMILES string of the molecule is CC(C)C(NC(=O)NCCC1=CCCCC1)c1nnc2n1CCC2. The van der Waals surface area contributed by atoms with E-state index in [-0.39, 0.29) is 18.0 Å². The minimum Gasteiger partial charge on any atom is -0.338 e. The fourth-order valence-electron chi connectivity index (χ4n) is 3.59. The number of fused-ring (bicyclic) bond motifs is 1. The molecule has 3 rings (SSSR count). The summed E-state index contributed by atoms with van der Waals surface area (Å²) in [7, 11) is 0. The Morgan fingerprint density at radius 1 is 1.25 bits per heavy atom. The van der Waals surface area contributed by atoms with Crippen LogP contribution in [0.25, 0.3) is 0 Å². The normalized spacial score (nSPS) is 18.2. The number of hydrogen-bond acceptors (Lipinski definition) is 3. The van der Waals surface area contributed by atoms with E-state index in [1.165, 1.54) is 31.3 Å². The van der Waals surface area contributed by atoms with Gasteiger partial charge in [-0.05, 0) is 44.4 Å². The maximum absolute atomic E-state index is 12.3. The predicted molar refractivity (Wildman–Crippen MR) is 93.6 cm³/mol. The number of allylic oxidation sites excluding steroid dienone is 1. The summed E-state index contributed by atoms with van der Waals surface area (Å²) in [6.45, 7) is 5.86. The first-order chi connectivity index (χ1) is 11.6. The van der Waals surface area contributed by atoms with Crippen LogP contribution in [-0.2, 0) is 13.0 Å². The van der Waals surface area contributed by atoms with Crippen LogP contribution >= 0.6 is 0 Å². The number of amides is 2. The van der Waals surface area contributed by atoms with Gasteiger partial charge in [-0.3, -0.25) is 0 Å². The van der Waals surface area contributed by atoms with Gasteiger partial charge in [0.1, 0.15) is 5.82 Å². The molecule has 2 heterocycles. The summed E-state index contributed by atoms with van der Waals surface area (Å²) in [5, 5.41) is 14.7. The van der Waals surface area contributed by atoms with Crippen LogP contribution in [-0.4, -0.2) is 27.3 Å². The van der Waals surface area contributed by atoms with E-state index in [1.54, 1.807) is 0 Å². The fraction of sp³-hybridized carbons (Fsp3) is 0.722. The van der Waals surface area contributed by atoms with Crippen LogP contribution in [0, 0.1) is 5.92 Å². The monoisotopic (exact) mass is 331 g/mol. The number of urea groups is 1. The maximum atomic E-state index is 12.3. The van der Waals surface area contributed by atoms with Crippen LogP contribution in [0.4, 0.5) is 4.79 Å². The molecule has 2 N–H and O–H groups in total. The fourth-order valence-corrected chi connectivity index (χ4v) is 3.59. The molecule has 0 radical (unpaired) electrons. The smallest absolute Gasteiger partial charge is 0.315 e. The third-order valence-corrected chi connectivity index (χ3v) is 4.99. The van der Waals surface area contributed by atoms with E-state index in [1.807, 2.05) is 0 Å². The van der Waals surface area contributed by atoms with Crippen molar-refractivity contribution in [3.8, 4) is 0 Å². The zero-order valence-corrected chi connectivity index (χ0v) is 14.8. The Balaban J connectivity index is 1.53. The number of hydrogen-bond donors (Lipinski definition) is 2. The Morgan fingerprint density at radius 2 is 2.12 bits per heavy atom. The maximum Gasteiger partial charge on any atom is 0.315 e. The zero-order valence-electron chi connectivity index (χ0n) is 14.8. The van der Waals surface area contributed by atoms with E-state index >= 15 is 0 Å².